The van der Waals surface area contributed by atoms with Crippen LogP contribution in [0.5, 0.6) is 0 Å². The van der Waals surface area contributed by atoms with Crippen molar-refractivity contribution in [2.45, 2.75) is 26.2 Å². The van der Waals surface area contributed by atoms with E-state index in [9.17, 15) is 8.42 Å². The number of hydrogen-bond acceptors (Lipinski definition) is 4. The summed E-state index contributed by atoms with van der Waals surface area (Å²) in [6.07, 6.45) is 4.83. The zero-order valence-corrected chi connectivity index (χ0v) is 13.4. The molecule has 0 fully saturated rings. The van der Waals surface area contributed by atoms with E-state index in [0.29, 0.717) is 13.1 Å². The fourth-order valence-electron chi connectivity index (χ4n) is 1.41. The number of unbranched alkanes of at least 4 members (excludes halogenated alkanes) is 1. The molecule has 0 unspecified atom stereocenters. The van der Waals surface area contributed by atoms with Gasteiger partial charge >= 0.3 is 0 Å². The SMILES string of the molecule is CCNCCCN(C)S(=O)(=O)NCCCCSC. The molecule has 0 bridgehead atoms. The standard InChI is InChI=1S/C11H27N3O2S2/c1-4-12-8-7-10-14(2)18(15,16)13-9-5-6-11-17-3/h12-13H,4-11H2,1-3H3. The molecule has 0 rings (SSSR count). The Morgan fingerprint density at radius 2 is 1.89 bits per heavy atom. The number of nitrogens with zero attached hydrogens (tertiary/aromatic N) is 1. The van der Waals surface area contributed by atoms with Crippen LogP contribution in [0, 0.1) is 0 Å². The third-order valence-electron chi connectivity index (χ3n) is 2.55. The summed E-state index contributed by atoms with van der Waals surface area (Å²) in [5.74, 6) is 1.08. The Kier molecular flexibility index (Phi) is 11.2. The molecule has 0 saturated carbocycles. The first kappa shape index (κ1) is 18.2. The Balaban J connectivity index is 3.75. The Labute approximate surface area is 116 Å². The molecule has 5 nitrogen and oxygen atoms in total. The summed E-state index contributed by atoms with van der Waals surface area (Å²) in [5.41, 5.74) is 0. The fraction of sp³-hybridized carbons (Fsp3) is 1.00. The van der Waals surface area contributed by atoms with Crippen molar-refractivity contribution >= 4 is 22.0 Å². The largest absolute Gasteiger partial charge is 0.317 e. The molecular formula is C11H27N3O2S2. The van der Waals surface area contributed by atoms with Crippen LogP contribution in [-0.4, -0.2) is 58.0 Å². The van der Waals surface area contributed by atoms with Crippen LogP contribution < -0.4 is 10.0 Å². The van der Waals surface area contributed by atoms with Gasteiger partial charge in [0, 0.05) is 20.1 Å². The Morgan fingerprint density at radius 1 is 1.17 bits per heavy atom. The van der Waals surface area contributed by atoms with E-state index in [4.69, 9.17) is 0 Å². The normalized spacial score (nSPS) is 12.2. The molecule has 0 aliphatic heterocycles. The predicted molar refractivity (Wildman–Crippen MR) is 80.3 cm³/mol. The maximum Gasteiger partial charge on any atom is 0.279 e. The smallest absolute Gasteiger partial charge is 0.279 e. The molecule has 0 aromatic carbocycles. The van der Waals surface area contributed by atoms with Crippen molar-refractivity contribution in [2.75, 3.05) is 45.2 Å². The van der Waals surface area contributed by atoms with Crippen LogP contribution in [-0.2, 0) is 10.2 Å². The maximum absolute atomic E-state index is 11.8. The summed E-state index contributed by atoms with van der Waals surface area (Å²) in [4.78, 5) is 0. The van der Waals surface area contributed by atoms with Gasteiger partial charge in [0.2, 0.25) is 0 Å². The number of rotatable bonds is 12. The van der Waals surface area contributed by atoms with Gasteiger partial charge in [0.15, 0.2) is 0 Å². The third-order valence-corrected chi connectivity index (χ3v) is 4.82. The maximum atomic E-state index is 11.8. The summed E-state index contributed by atoms with van der Waals surface area (Å²) in [5, 5.41) is 3.18. The third kappa shape index (κ3) is 9.16. The van der Waals surface area contributed by atoms with Crippen LogP contribution >= 0.6 is 11.8 Å². The first-order valence-corrected chi connectivity index (χ1v) is 9.28. The van der Waals surface area contributed by atoms with Crippen LogP contribution in [0.4, 0.5) is 0 Å². The van der Waals surface area contributed by atoms with Gasteiger partial charge in [0.05, 0.1) is 0 Å². The molecule has 2 N–H and O–H groups in total. The van der Waals surface area contributed by atoms with Gasteiger partial charge in [-0.1, -0.05) is 6.92 Å². The number of nitrogens with one attached hydrogen (secondary N) is 2. The van der Waals surface area contributed by atoms with Gasteiger partial charge in [-0.05, 0) is 44.4 Å². The summed E-state index contributed by atoms with van der Waals surface area (Å²) in [6.45, 7) is 4.89. The van der Waals surface area contributed by atoms with E-state index in [-0.39, 0.29) is 0 Å². The average molecular weight is 297 g/mol. The van der Waals surface area contributed by atoms with Crippen LogP contribution in [0.3, 0.4) is 0 Å². The molecule has 7 heteroatoms. The monoisotopic (exact) mass is 297 g/mol. The first-order chi connectivity index (χ1) is 8.54. The molecule has 0 spiro atoms. The molecular weight excluding hydrogens is 270 g/mol. The van der Waals surface area contributed by atoms with E-state index in [0.717, 1.165) is 38.1 Å². The number of thioether (sulfide) groups is 1. The van der Waals surface area contributed by atoms with Crippen molar-refractivity contribution in [3.8, 4) is 0 Å². The van der Waals surface area contributed by atoms with Crippen molar-refractivity contribution in [3.63, 3.8) is 0 Å². The second-order valence-corrected chi connectivity index (χ2v) is 6.98. The quantitative estimate of drug-likeness (QED) is 0.525. The van der Waals surface area contributed by atoms with E-state index in [1.165, 1.54) is 4.31 Å². The van der Waals surface area contributed by atoms with E-state index in [1.807, 2.05) is 6.92 Å². The van der Waals surface area contributed by atoms with Crippen molar-refractivity contribution in [1.29, 1.82) is 0 Å². The van der Waals surface area contributed by atoms with Gasteiger partial charge in [-0.15, -0.1) is 0 Å². The minimum Gasteiger partial charge on any atom is -0.317 e. The molecule has 0 aliphatic carbocycles. The van der Waals surface area contributed by atoms with Gasteiger partial charge in [-0.3, -0.25) is 0 Å². The lowest BCUT2D eigenvalue weighted by atomic mass is 10.3. The number of hydrogen-bond donors (Lipinski definition) is 2. The van der Waals surface area contributed by atoms with E-state index in [1.54, 1.807) is 18.8 Å². The van der Waals surface area contributed by atoms with Gasteiger partial charge in [0.25, 0.3) is 10.2 Å². The summed E-state index contributed by atoms with van der Waals surface area (Å²) >= 11 is 1.79. The highest BCUT2D eigenvalue weighted by molar-refractivity contribution is 7.98. The topological polar surface area (TPSA) is 61.4 Å². The van der Waals surface area contributed by atoms with Crippen molar-refractivity contribution in [2.24, 2.45) is 0 Å². The Hall–Kier alpha value is 0.180. The summed E-state index contributed by atoms with van der Waals surface area (Å²) < 4.78 is 27.6. The lowest BCUT2D eigenvalue weighted by Gasteiger charge is -2.17. The molecule has 0 atom stereocenters. The van der Waals surface area contributed by atoms with Crippen LogP contribution in [0.1, 0.15) is 26.2 Å². The molecule has 0 aliphatic rings. The molecule has 0 amide bonds. The van der Waals surface area contributed by atoms with Gasteiger partial charge in [-0.2, -0.15) is 24.5 Å². The second kappa shape index (κ2) is 11.0. The van der Waals surface area contributed by atoms with E-state index in [2.05, 4.69) is 16.3 Å². The summed E-state index contributed by atoms with van der Waals surface area (Å²) in [7, 11) is -1.66. The Morgan fingerprint density at radius 3 is 2.50 bits per heavy atom. The predicted octanol–water partition coefficient (Wildman–Crippen LogP) is 0.895. The van der Waals surface area contributed by atoms with Crippen molar-refractivity contribution < 1.29 is 8.42 Å². The Bertz CT molecular complexity index is 284. The van der Waals surface area contributed by atoms with E-state index >= 15 is 0 Å². The highest BCUT2D eigenvalue weighted by Gasteiger charge is 2.15. The molecule has 0 aromatic rings. The van der Waals surface area contributed by atoms with Gasteiger partial charge in [-0.25, -0.2) is 4.72 Å². The first-order valence-electron chi connectivity index (χ1n) is 6.45. The lowest BCUT2D eigenvalue weighted by Crippen LogP contribution is -2.39. The minimum atomic E-state index is -3.29. The zero-order valence-electron chi connectivity index (χ0n) is 11.7. The van der Waals surface area contributed by atoms with Crippen molar-refractivity contribution in [1.82, 2.24) is 14.3 Å². The average Bonchev–Trinajstić information content (AvgIpc) is 2.34. The highest BCUT2D eigenvalue weighted by atomic mass is 32.2. The molecule has 0 saturated heterocycles. The minimum absolute atomic E-state index is 0.528. The molecule has 0 aromatic heterocycles. The summed E-state index contributed by atoms with van der Waals surface area (Å²) in [6, 6.07) is 0. The van der Waals surface area contributed by atoms with Crippen LogP contribution in [0.25, 0.3) is 0 Å². The van der Waals surface area contributed by atoms with Crippen molar-refractivity contribution in [3.05, 3.63) is 0 Å². The second-order valence-electron chi connectivity index (χ2n) is 4.13. The zero-order chi connectivity index (χ0) is 13.9. The van der Waals surface area contributed by atoms with E-state index < -0.39 is 10.2 Å². The lowest BCUT2D eigenvalue weighted by molar-refractivity contribution is 0.445. The van der Waals surface area contributed by atoms with Crippen LogP contribution in [0.15, 0.2) is 0 Å². The molecule has 0 radical (unpaired) electrons. The molecule has 0 heterocycles. The molecule has 110 valence electrons. The van der Waals surface area contributed by atoms with Gasteiger partial charge < -0.3 is 5.32 Å². The van der Waals surface area contributed by atoms with Gasteiger partial charge in [0.1, 0.15) is 0 Å². The fourth-order valence-corrected chi connectivity index (χ4v) is 2.89. The molecule has 18 heavy (non-hydrogen) atoms. The highest BCUT2D eigenvalue weighted by Crippen LogP contribution is 2.00. The van der Waals surface area contributed by atoms with Crippen LogP contribution in [0.2, 0.25) is 0 Å².